The van der Waals surface area contributed by atoms with Crippen LogP contribution in [0.3, 0.4) is 0 Å². The summed E-state index contributed by atoms with van der Waals surface area (Å²) in [5.74, 6) is -0.732. The van der Waals surface area contributed by atoms with Crippen LogP contribution in [-0.4, -0.2) is 22.1 Å². The number of esters is 1. The fourth-order valence-electron chi connectivity index (χ4n) is 3.86. The summed E-state index contributed by atoms with van der Waals surface area (Å²) < 4.78 is 11.7. The normalized spacial score (nSPS) is 15.2. The number of hydrogen-bond acceptors (Lipinski definition) is 6. The van der Waals surface area contributed by atoms with Crippen LogP contribution in [0.5, 0.6) is 23.0 Å². The summed E-state index contributed by atoms with van der Waals surface area (Å²) in [5.41, 5.74) is 5.96. The monoisotopic (exact) mass is 375 g/mol. The number of phenols is 2. The first-order valence-corrected chi connectivity index (χ1v) is 8.42. The Kier molecular flexibility index (Phi) is 3.04. The van der Waals surface area contributed by atoms with Gasteiger partial charge in [0, 0.05) is 34.4 Å². The first-order chi connectivity index (χ1) is 13.4. The van der Waals surface area contributed by atoms with Gasteiger partial charge in [0.2, 0.25) is 5.91 Å². The summed E-state index contributed by atoms with van der Waals surface area (Å²) in [7, 11) is 0. The van der Waals surface area contributed by atoms with E-state index in [-0.39, 0.29) is 34.1 Å². The second-order valence-corrected chi connectivity index (χ2v) is 6.66. The molecule has 2 heterocycles. The molecule has 138 valence electrons. The largest absolute Gasteiger partial charge is 0.508 e. The Balaban J connectivity index is 1.87. The second-order valence-electron chi connectivity index (χ2n) is 6.66. The number of amides is 1. The molecule has 7 nitrogen and oxygen atoms in total. The summed E-state index contributed by atoms with van der Waals surface area (Å²) in [6.07, 6.45) is 0. The summed E-state index contributed by atoms with van der Waals surface area (Å²) in [6.45, 7) is 0. The van der Waals surface area contributed by atoms with Gasteiger partial charge < -0.3 is 25.4 Å². The Labute approximate surface area is 158 Å². The molecule has 0 unspecified atom stereocenters. The van der Waals surface area contributed by atoms with E-state index in [1.54, 1.807) is 18.2 Å². The summed E-state index contributed by atoms with van der Waals surface area (Å²) in [4.78, 5) is 24.3. The highest BCUT2D eigenvalue weighted by Crippen LogP contribution is 2.56. The van der Waals surface area contributed by atoms with Crippen molar-refractivity contribution in [2.75, 3.05) is 0 Å². The van der Waals surface area contributed by atoms with Crippen LogP contribution in [0, 0.1) is 0 Å². The number of hydrogen-bond donors (Lipinski definition) is 3. The van der Waals surface area contributed by atoms with Gasteiger partial charge in [-0.3, -0.25) is 4.79 Å². The quantitative estimate of drug-likeness (QED) is 0.563. The van der Waals surface area contributed by atoms with Crippen LogP contribution in [0.25, 0.3) is 0 Å². The first kappa shape index (κ1) is 16.2. The van der Waals surface area contributed by atoms with Gasteiger partial charge >= 0.3 is 5.97 Å². The van der Waals surface area contributed by atoms with Gasteiger partial charge in [0.15, 0.2) is 5.60 Å². The molecular weight excluding hydrogens is 362 g/mol. The number of phenolic OH excluding ortho intramolecular Hbond substituents is 2. The van der Waals surface area contributed by atoms with Crippen molar-refractivity contribution in [1.29, 1.82) is 0 Å². The predicted molar refractivity (Wildman–Crippen MR) is 96.5 cm³/mol. The number of nitrogens with two attached hydrogens (primary N) is 1. The molecule has 1 spiro atoms. The van der Waals surface area contributed by atoms with Crippen molar-refractivity contribution in [1.82, 2.24) is 0 Å². The molecule has 0 fully saturated rings. The molecule has 0 radical (unpaired) electrons. The zero-order valence-corrected chi connectivity index (χ0v) is 14.3. The fourth-order valence-corrected chi connectivity index (χ4v) is 3.86. The third kappa shape index (κ3) is 1.98. The molecule has 28 heavy (non-hydrogen) atoms. The van der Waals surface area contributed by atoms with Crippen molar-refractivity contribution < 1.29 is 29.3 Å². The van der Waals surface area contributed by atoms with Gasteiger partial charge in [-0.15, -0.1) is 0 Å². The number of benzene rings is 3. The van der Waals surface area contributed by atoms with E-state index >= 15 is 0 Å². The minimum atomic E-state index is -1.34. The second kappa shape index (κ2) is 5.26. The number of carbonyl (C=O) groups is 2. The van der Waals surface area contributed by atoms with E-state index in [0.29, 0.717) is 16.7 Å². The van der Waals surface area contributed by atoms with Crippen molar-refractivity contribution in [2.45, 2.75) is 5.60 Å². The lowest BCUT2D eigenvalue weighted by molar-refractivity contribution is 0.0224. The summed E-state index contributed by atoms with van der Waals surface area (Å²) in [6, 6.07) is 13.6. The maximum absolute atomic E-state index is 12.8. The van der Waals surface area contributed by atoms with Gasteiger partial charge in [-0.1, -0.05) is 6.07 Å². The van der Waals surface area contributed by atoms with Crippen LogP contribution in [0.4, 0.5) is 0 Å². The molecule has 0 aliphatic carbocycles. The van der Waals surface area contributed by atoms with E-state index in [2.05, 4.69) is 0 Å². The fraction of sp³-hybridized carbons (Fsp3) is 0.0476. The summed E-state index contributed by atoms with van der Waals surface area (Å²) >= 11 is 0. The third-order valence-corrected chi connectivity index (χ3v) is 5.06. The van der Waals surface area contributed by atoms with E-state index in [9.17, 15) is 19.8 Å². The number of carbonyl (C=O) groups excluding carboxylic acids is 2. The Morgan fingerprint density at radius 1 is 0.857 bits per heavy atom. The van der Waals surface area contributed by atoms with Gasteiger partial charge in [0.1, 0.15) is 23.0 Å². The molecule has 0 saturated heterocycles. The number of fused-ring (bicyclic) bond motifs is 6. The van der Waals surface area contributed by atoms with Crippen molar-refractivity contribution in [3.63, 3.8) is 0 Å². The molecule has 7 heteroatoms. The van der Waals surface area contributed by atoms with Crippen molar-refractivity contribution in [2.24, 2.45) is 5.73 Å². The molecule has 2 aliphatic heterocycles. The number of aromatic hydroxyl groups is 2. The molecule has 3 aromatic rings. The zero-order chi connectivity index (χ0) is 19.6. The Hall–Kier alpha value is -4.00. The van der Waals surface area contributed by atoms with Crippen LogP contribution in [-0.2, 0) is 10.3 Å². The van der Waals surface area contributed by atoms with Gasteiger partial charge in [0.05, 0.1) is 5.56 Å². The molecule has 0 bridgehead atoms. The standard InChI is InChI=1S/C21H13NO6/c22-19(25)10-1-4-14-13(7-10)20(26)28-21(14)15-5-2-11(23)8-17(15)27-18-9-12(24)3-6-16(18)21/h1-9,23-24H,(H2,22,25). The van der Waals surface area contributed by atoms with Gasteiger partial charge in [0.25, 0.3) is 0 Å². The lowest BCUT2D eigenvalue weighted by Gasteiger charge is -2.36. The molecule has 0 saturated carbocycles. The van der Waals surface area contributed by atoms with Crippen LogP contribution < -0.4 is 10.5 Å². The Morgan fingerprint density at radius 2 is 1.43 bits per heavy atom. The topological polar surface area (TPSA) is 119 Å². The Morgan fingerprint density at radius 3 is 2.00 bits per heavy atom. The summed E-state index contributed by atoms with van der Waals surface area (Å²) in [5, 5.41) is 19.8. The molecular formula is C21H13NO6. The maximum Gasteiger partial charge on any atom is 0.340 e. The van der Waals surface area contributed by atoms with Crippen molar-refractivity contribution in [3.05, 3.63) is 82.4 Å². The van der Waals surface area contributed by atoms with Gasteiger partial charge in [-0.05, 0) is 36.4 Å². The van der Waals surface area contributed by atoms with E-state index in [0.717, 1.165) is 0 Å². The number of primary amides is 1. The van der Waals surface area contributed by atoms with Crippen molar-refractivity contribution in [3.8, 4) is 23.0 Å². The average molecular weight is 375 g/mol. The van der Waals surface area contributed by atoms with Gasteiger partial charge in [-0.25, -0.2) is 4.79 Å². The molecule has 0 atom stereocenters. The van der Waals surface area contributed by atoms with E-state index in [4.69, 9.17) is 15.2 Å². The van der Waals surface area contributed by atoms with Crippen LogP contribution in [0.15, 0.2) is 54.6 Å². The van der Waals surface area contributed by atoms with Gasteiger partial charge in [-0.2, -0.15) is 0 Å². The minimum Gasteiger partial charge on any atom is -0.508 e. The van der Waals surface area contributed by atoms with E-state index in [1.165, 1.54) is 36.4 Å². The molecule has 3 aromatic carbocycles. The SMILES string of the molecule is NC(=O)c1ccc2c(c1)C(=O)OC21c2ccc(O)cc2Oc2cc(O)ccc21. The van der Waals surface area contributed by atoms with E-state index in [1.807, 2.05) is 0 Å². The lowest BCUT2D eigenvalue weighted by atomic mass is 9.77. The van der Waals surface area contributed by atoms with Crippen LogP contribution in [0.1, 0.15) is 37.4 Å². The highest BCUT2D eigenvalue weighted by Gasteiger charge is 2.53. The van der Waals surface area contributed by atoms with E-state index < -0.39 is 17.5 Å². The molecule has 2 aliphatic rings. The number of rotatable bonds is 1. The lowest BCUT2D eigenvalue weighted by Crippen LogP contribution is -2.32. The first-order valence-electron chi connectivity index (χ1n) is 8.42. The number of ether oxygens (including phenoxy) is 2. The van der Waals surface area contributed by atoms with Crippen LogP contribution in [0.2, 0.25) is 0 Å². The van der Waals surface area contributed by atoms with Crippen LogP contribution >= 0.6 is 0 Å². The molecule has 4 N–H and O–H groups in total. The Bertz CT molecular complexity index is 1150. The predicted octanol–water partition coefficient (Wildman–Crippen LogP) is 2.76. The third-order valence-electron chi connectivity index (χ3n) is 5.06. The van der Waals surface area contributed by atoms with Crippen molar-refractivity contribution >= 4 is 11.9 Å². The minimum absolute atomic E-state index is 0.0221. The smallest absolute Gasteiger partial charge is 0.340 e. The highest BCUT2D eigenvalue weighted by atomic mass is 16.6. The maximum atomic E-state index is 12.8. The average Bonchev–Trinajstić information content (AvgIpc) is 2.94. The highest BCUT2D eigenvalue weighted by molar-refractivity contribution is 6.01. The molecule has 1 amide bonds. The zero-order valence-electron chi connectivity index (χ0n) is 14.3. The molecule has 0 aromatic heterocycles. The molecule has 5 rings (SSSR count).